The van der Waals surface area contributed by atoms with Crippen LogP contribution >= 0.6 is 39.9 Å². The maximum absolute atomic E-state index is 4.12. The molecule has 0 bridgehead atoms. The molecule has 5 heteroatoms. The van der Waals surface area contributed by atoms with Crippen molar-refractivity contribution in [1.29, 1.82) is 0 Å². The number of benzene rings is 1. The zero-order valence-electron chi connectivity index (χ0n) is 11.7. The van der Waals surface area contributed by atoms with E-state index in [0.717, 1.165) is 29.8 Å². The van der Waals surface area contributed by atoms with Crippen LogP contribution in [0.2, 0.25) is 0 Å². The average Bonchev–Trinajstić information content (AvgIpc) is 2.38. The van der Waals surface area contributed by atoms with Gasteiger partial charge in [-0.2, -0.15) is 0 Å². The van der Waals surface area contributed by atoms with Gasteiger partial charge in [-0.05, 0) is 30.0 Å². The van der Waals surface area contributed by atoms with Crippen molar-refractivity contribution in [3.05, 3.63) is 34.3 Å². The van der Waals surface area contributed by atoms with Gasteiger partial charge in [0, 0.05) is 25.1 Å². The number of hydrogen-bond acceptors (Lipinski definition) is 1. The standard InChI is InChI=1S/C14H22BrN3.HI/c1-4-11(10-18-14(16-2)17-3)8-12-6-5-7-13(15)9-12;/h5-7,9,11H,4,8,10H2,1-3H3,(H2,16,17,18);1H. The largest absolute Gasteiger partial charge is 0.359 e. The first-order chi connectivity index (χ1) is 8.69. The van der Waals surface area contributed by atoms with Gasteiger partial charge in [-0.3, -0.25) is 4.99 Å². The Hall–Kier alpha value is -0.300. The van der Waals surface area contributed by atoms with E-state index in [0.29, 0.717) is 5.92 Å². The van der Waals surface area contributed by atoms with Crippen LogP contribution in [0.3, 0.4) is 0 Å². The van der Waals surface area contributed by atoms with Gasteiger partial charge in [0.25, 0.3) is 0 Å². The van der Waals surface area contributed by atoms with Crippen molar-refractivity contribution < 1.29 is 0 Å². The molecule has 1 aromatic rings. The van der Waals surface area contributed by atoms with E-state index < -0.39 is 0 Å². The fourth-order valence-corrected chi connectivity index (χ4v) is 2.33. The van der Waals surface area contributed by atoms with Gasteiger partial charge in [-0.25, -0.2) is 0 Å². The lowest BCUT2D eigenvalue weighted by molar-refractivity contribution is 0.494. The summed E-state index contributed by atoms with van der Waals surface area (Å²) in [5.41, 5.74) is 1.37. The van der Waals surface area contributed by atoms with Crippen molar-refractivity contribution >= 4 is 45.9 Å². The van der Waals surface area contributed by atoms with Crippen molar-refractivity contribution in [3.63, 3.8) is 0 Å². The summed E-state index contributed by atoms with van der Waals surface area (Å²) >= 11 is 3.51. The lowest BCUT2D eigenvalue weighted by atomic mass is 9.97. The maximum atomic E-state index is 4.12. The summed E-state index contributed by atoms with van der Waals surface area (Å²) in [6, 6.07) is 8.52. The first-order valence-corrected chi connectivity index (χ1v) is 7.11. The molecular weight excluding hydrogens is 417 g/mol. The molecule has 2 N–H and O–H groups in total. The summed E-state index contributed by atoms with van der Waals surface area (Å²) in [6.45, 7) is 3.17. The van der Waals surface area contributed by atoms with Gasteiger partial charge in [0.1, 0.15) is 0 Å². The smallest absolute Gasteiger partial charge is 0.190 e. The van der Waals surface area contributed by atoms with E-state index in [1.807, 2.05) is 7.05 Å². The van der Waals surface area contributed by atoms with E-state index in [4.69, 9.17) is 0 Å². The number of hydrogen-bond donors (Lipinski definition) is 2. The topological polar surface area (TPSA) is 36.4 Å². The highest BCUT2D eigenvalue weighted by Crippen LogP contribution is 2.16. The Bertz CT molecular complexity index is 396. The van der Waals surface area contributed by atoms with Gasteiger partial charge < -0.3 is 10.6 Å². The molecule has 1 rings (SSSR count). The Labute approximate surface area is 141 Å². The van der Waals surface area contributed by atoms with Crippen molar-refractivity contribution in [2.75, 3.05) is 20.6 Å². The minimum absolute atomic E-state index is 0. The van der Waals surface area contributed by atoms with Crippen LogP contribution in [-0.2, 0) is 6.42 Å². The maximum Gasteiger partial charge on any atom is 0.190 e. The molecule has 0 aliphatic heterocycles. The zero-order valence-corrected chi connectivity index (χ0v) is 15.7. The molecule has 0 saturated heterocycles. The first kappa shape index (κ1) is 18.7. The van der Waals surface area contributed by atoms with Crippen LogP contribution in [0.5, 0.6) is 0 Å². The Kier molecular flexibility index (Phi) is 10.3. The highest BCUT2D eigenvalue weighted by atomic mass is 127. The lowest BCUT2D eigenvalue weighted by Crippen LogP contribution is -2.38. The van der Waals surface area contributed by atoms with Crippen molar-refractivity contribution in [2.24, 2.45) is 10.9 Å². The monoisotopic (exact) mass is 439 g/mol. The molecule has 0 heterocycles. The molecule has 0 aliphatic carbocycles. The lowest BCUT2D eigenvalue weighted by Gasteiger charge is -2.17. The van der Waals surface area contributed by atoms with Crippen molar-refractivity contribution in [1.82, 2.24) is 10.6 Å². The molecule has 3 nitrogen and oxygen atoms in total. The van der Waals surface area contributed by atoms with Gasteiger partial charge in [0.15, 0.2) is 5.96 Å². The number of nitrogens with one attached hydrogen (secondary N) is 2. The predicted octanol–water partition coefficient (Wildman–Crippen LogP) is 3.43. The Morgan fingerprint density at radius 2 is 2.16 bits per heavy atom. The van der Waals surface area contributed by atoms with Gasteiger partial charge >= 0.3 is 0 Å². The normalized spacial score (nSPS) is 12.5. The number of halogens is 2. The molecule has 108 valence electrons. The second kappa shape index (κ2) is 10.5. The molecule has 0 amide bonds. The molecular formula is C14H23BrIN3. The van der Waals surface area contributed by atoms with Crippen LogP contribution in [0, 0.1) is 5.92 Å². The second-order valence-corrected chi connectivity index (χ2v) is 5.23. The molecule has 1 unspecified atom stereocenters. The molecule has 0 aromatic heterocycles. The molecule has 0 aliphatic rings. The third-order valence-electron chi connectivity index (χ3n) is 3.01. The fraction of sp³-hybridized carbons (Fsp3) is 0.500. The SMILES string of the molecule is CCC(CNC(=NC)NC)Cc1cccc(Br)c1.I. The second-order valence-electron chi connectivity index (χ2n) is 4.31. The van der Waals surface area contributed by atoms with E-state index in [2.05, 4.69) is 62.7 Å². The van der Waals surface area contributed by atoms with Gasteiger partial charge in [-0.1, -0.05) is 41.4 Å². The molecule has 0 radical (unpaired) electrons. The summed E-state index contributed by atoms with van der Waals surface area (Å²) in [4.78, 5) is 4.12. The first-order valence-electron chi connectivity index (χ1n) is 6.32. The summed E-state index contributed by atoms with van der Waals surface area (Å²) in [6.07, 6.45) is 2.24. The zero-order chi connectivity index (χ0) is 13.4. The number of nitrogens with zero attached hydrogens (tertiary/aromatic N) is 1. The van der Waals surface area contributed by atoms with E-state index in [1.165, 1.54) is 5.56 Å². The number of guanidine groups is 1. The van der Waals surface area contributed by atoms with Crippen LogP contribution in [-0.4, -0.2) is 26.6 Å². The molecule has 0 fully saturated rings. The number of rotatable bonds is 5. The van der Waals surface area contributed by atoms with Crippen molar-refractivity contribution in [2.45, 2.75) is 19.8 Å². The van der Waals surface area contributed by atoms with Crippen LogP contribution < -0.4 is 10.6 Å². The van der Waals surface area contributed by atoms with Crippen LogP contribution in [0.15, 0.2) is 33.7 Å². The van der Waals surface area contributed by atoms with E-state index in [-0.39, 0.29) is 24.0 Å². The minimum Gasteiger partial charge on any atom is -0.359 e. The minimum atomic E-state index is 0. The Morgan fingerprint density at radius 1 is 1.42 bits per heavy atom. The number of aliphatic imine (C=N–C) groups is 1. The van der Waals surface area contributed by atoms with Crippen LogP contribution in [0.4, 0.5) is 0 Å². The quantitative estimate of drug-likeness (QED) is 0.419. The Balaban J connectivity index is 0.00000324. The third-order valence-corrected chi connectivity index (χ3v) is 3.50. The van der Waals surface area contributed by atoms with Gasteiger partial charge in [-0.15, -0.1) is 24.0 Å². The van der Waals surface area contributed by atoms with E-state index in [1.54, 1.807) is 7.05 Å². The van der Waals surface area contributed by atoms with E-state index in [9.17, 15) is 0 Å². The summed E-state index contributed by atoms with van der Waals surface area (Å²) < 4.78 is 1.15. The average molecular weight is 440 g/mol. The third kappa shape index (κ3) is 7.15. The molecule has 1 aromatic carbocycles. The Morgan fingerprint density at radius 3 is 2.68 bits per heavy atom. The molecule has 19 heavy (non-hydrogen) atoms. The summed E-state index contributed by atoms with van der Waals surface area (Å²) in [7, 11) is 3.67. The van der Waals surface area contributed by atoms with Gasteiger partial charge in [0.05, 0.1) is 0 Å². The van der Waals surface area contributed by atoms with Crippen LogP contribution in [0.25, 0.3) is 0 Å². The van der Waals surface area contributed by atoms with Crippen LogP contribution in [0.1, 0.15) is 18.9 Å². The summed E-state index contributed by atoms with van der Waals surface area (Å²) in [5.74, 6) is 1.46. The summed E-state index contributed by atoms with van der Waals surface area (Å²) in [5, 5.41) is 6.37. The molecule has 1 atom stereocenters. The molecule has 0 saturated carbocycles. The van der Waals surface area contributed by atoms with Crippen molar-refractivity contribution in [3.8, 4) is 0 Å². The molecule has 0 spiro atoms. The highest BCUT2D eigenvalue weighted by Gasteiger charge is 2.08. The van der Waals surface area contributed by atoms with Gasteiger partial charge in [0.2, 0.25) is 0 Å². The highest BCUT2D eigenvalue weighted by molar-refractivity contribution is 14.0. The van der Waals surface area contributed by atoms with E-state index >= 15 is 0 Å². The predicted molar refractivity (Wildman–Crippen MR) is 97.5 cm³/mol. The fourth-order valence-electron chi connectivity index (χ4n) is 1.88.